The summed E-state index contributed by atoms with van der Waals surface area (Å²) in [7, 11) is 1.53. The van der Waals surface area contributed by atoms with E-state index >= 15 is 0 Å². The molecule has 1 heterocycles. The van der Waals surface area contributed by atoms with Crippen LogP contribution < -0.4 is 14.8 Å². The first kappa shape index (κ1) is 24.0. The summed E-state index contributed by atoms with van der Waals surface area (Å²) in [5.74, 6) is 0.454. The molecular weight excluding hydrogens is 435 g/mol. The van der Waals surface area contributed by atoms with Crippen molar-refractivity contribution in [1.29, 1.82) is 0 Å². The van der Waals surface area contributed by atoms with Gasteiger partial charge in [0.1, 0.15) is 5.82 Å². The van der Waals surface area contributed by atoms with Crippen LogP contribution in [0.5, 0.6) is 11.5 Å². The molecule has 1 aliphatic heterocycles. The third kappa shape index (κ3) is 6.45. The monoisotopic (exact) mass is 462 g/mol. The fraction of sp³-hybridized carbons (Fsp3) is 0.375. The molecule has 172 valence electrons. The van der Waals surface area contributed by atoms with Crippen molar-refractivity contribution in [3.63, 3.8) is 0 Å². The lowest BCUT2D eigenvalue weighted by Crippen LogP contribution is -2.43. The standard InChI is InChI=1S/C24H28ClFN2O4/c1-3-32-22-15-17(14-20(25)24(22)30-2)4-9-23(29)27-16-21(28-10-12-31-13-11-28)18-5-7-19(26)8-6-18/h4-9,14-15,21H,3,10-13,16H2,1-2H3,(H,27,29)/b9-4+. The number of carbonyl (C=O) groups excluding carboxylic acids is 1. The van der Waals surface area contributed by atoms with Crippen LogP contribution in [-0.2, 0) is 9.53 Å². The van der Waals surface area contributed by atoms with Crippen LogP contribution in [0.3, 0.4) is 0 Å². The van der Waals surface area contributed by atoms with Crippen molar-refractivity contribution in [3.05, 3.63) is 64.4 Å². The third-order valence-electron chi connectivity index (χ3n) is 5.17. The second-order valence-electron chi connectivity index (χ2n) is 7.26. The molecule has 1 atom stereocenters. The Kier molecular flexibility index (Phi) is 8.90. The number of benzene rings is 2. The van der Waals surface area contributed by atoms with Gasteiger partial charge in [0.05, 0.1) is 38.0 Å². The average molecular weight is 463 g/mol. The van der Waals surface area contributed by atoms with Crippen LogP contribution in [0.1, 0.15) is 24.1 Å². The Morgan fingerprint density at radius 2 is 2.00 bits per heavy atom. The lowest BCUT2D eigenvalue weighted by Gasteiger charge is -2.34. The van der Waals surface area contributed by atoms with Gasteiger partial charge < -0.3 is 19.5 Å². The molecule has 1 N–H and O–H groups in total. The first-order valence-corrected chi connectivity index (χ1v) is 10.9. The van der Waals surface area contributed by atoms with Crippen molar-refractivity contribution in [1.82, 2.24) is 10.2 Å². The number of hydrogen-bond donors (Lipinski definition) is 1. The highest BCUT2D eigenvalue weighted by Crippen LogP contribution is 2.36. The molecule has 0 aliphatic carbocycles. The van der Waals surface area contributed by atoms with Crippen LogP contribution in [0.4, 0.5) is 4.39 Å². The Bertz CT molecular complexity index is 930. The van der Waals surface area contributed by atoms with E-state index in [9.17, 15) is 9.18 Å². The normalized spacial score (nSPS) is 15.5. The number of carbonyl (C=O) groups is 1. The quantitative estimate of drug-likeness (QED) is 0.569. The third-order valence-corrected chi connectivity index (χ3v) is 5.45. The number of morpholine rings is 1. The lowest BCUT2D eigenvalue weighted by atomic mass is 10.0. The molecule has 0 bridgehead atoms. The van der Waals surface area contributed by atoms with Crippen molar-refractivity contribution >= 4 is 23.6 Å². The average Bonchev–Trinajstić information content (AvgIpc) is 2.80. The van der Waals surface area contributed by atoms with Gasteiger partial charge in [-0.05, 0) is 48.4 Å². The smallest absolute Gasteiger partial charge is 0.244 e. The minimum absolute atomic E-state index is 0.0724. The van der Waals surface area contributed by atoms with Crippen LogP contribution in [0.2, 0.25) is 5.02 Å². The maximum absolute atomic E-state index is 13.4. The Morgan fingerprint density at radius 1 is 1.28 bits per heavy atom. The number of halogens is 2. The second kappa shape index (κ2) is 11.9. The van der Waals surface area contributed by atoms with Gasteiger partial charge in [0, 0.05) is 25.7 Å². The summed E-state index contributed by atoms with van der Waals surface area (Å²) in [6, 6.07) is 9.80. The highest BCUT2D eigenvalue weighted by atomic mass is 35.5. The number of nitrogens with one attached hydrogen (secondary N) is 1. The predicted molar refractivity (Wildman–Crippen MR) is 123 cm³/mol. The zero-order chi connectivity index (χ0) is 22.9. The number of amides is 1. The van der Waals surface area contributed by atoms with Gasteiger partial charge in [0.15, 0.2) is 11.5 Å². The second-order valence-corrected chi connectivity index (χ2v) is 7.67. The largest absolute Gasteiger partial charge is 0.491 e. The molecule has 2 aromatic rings. The molecule has 32 heavy (non-hydrogen) atoms. The number of methoxy groups -OCH3 is 1. The molecule has 1 aliphatic rings. The number of hydrogen-bond acceptors (Lipinski definition) is 5. The van der Waals surface area contributed by atoms with E-state index in [1.807, 2.05) is 6.92 Å². The van der Waals surface area contributed by atoms with Gasteiger partial charge in [-0.3, -0.25) is 9.69 Å². The minimum Gasteiger partial charge on any atom is -0.491 e. The van der Waals surface area contributed by atoms with E-state index in [0.29, 0.717) is 42.9 Å². The molecule has 8 heteroatoms. The molecule has 0 saturated carbocycles. The van der Waals surface area contributed by atoms with Crippen LogP contribution in [-0.4, -0.2) is 57.4 Å². The predicted octanol–water partition coefficient (Wildman–Crippen LogP) is 4.09. The molecule has 3 rings (SSSR count). The van der Waals surface area contributed by atoms with E-state index in [1.54, 1.807) is 30.3 Å². The lowest BCUT2D eigenvalue weighted by molar-refractivity contribution is -0.116. The summed E-state index contributed by atoms with van der Waals surface area (Å²) in [6.45, 7) is 5.48. The van der Waals surface area contributed by atoms with E-state index in [4.69, 9.17) is 25.8 Å². The SMILES string of the molecule is CCOc1cc(/C=C/C(=O)NCC(c2ccc(F)cc2)N2CCOCC2)cc(Cl)c1OC. The van der Waals surface area contributed by atoms with Gasteiger partial charge in [0.2, 0.25) is 5.91 Å². The fourth-order valence-electron chi connectivity index (χ4n) is 3.61. The first-order chi connectivity index (χ1) is 15.5. The van der Waals surface area contributed by atoms with Crippen LogP contribution in [0.15, 0.2) is 42.5 Å². The molecule has 6 nitrogen and oxygen atoms in total. The maximum atomic E-state index is 13.4. The summed E-state index contributed by atoms with van der Waals surface area (Å²) in [5.41, 5.74) is 1.67. The molecule has 0 aromatic heterocycles. The highest BCUT2D eigenvalue weighted by Gasteiger charge is 2.23. The van der Waals surface area contributed by atoms with Gasteiger partial charge in [-0.1, -0.05) is 23.7 Å². The van der Waals surface area contributed by atoms with Crippen molar-refractivity contribution in [2.45, 2.75) is 13.0 Å². The van der Waals surface area contributed by atoms with Crippen molar-refractivity contribution in [2.75, 3.05) is 46.6 Å². The molecule has 2 aromatic carbocycles. The molecule has 0 spiro atoms. The summed E-state index contributed by atoms with van der Waals surface area (Å²) < 4.78 is 29.7. The first-order valence-electron chi connectivity index (χ1n) is 10.5. The summed E-state index contributed by atoms with van der Waals surface area (Å²) in [4.78, 5) is 14.8. The molecule has 1 fully saturated rings. The van der Waals surface area contributed by atoms with E-state index in [2.05, 4.69) is 10.2 Å². The van der Waals surface area contributed by atoms with E-state index in [1.165, 1.54) is 25.3 Å². The highest BCUT2D eigenvalue weighted by molar-refractivity contribution is 6.32. The molecule has 1 amide bonds. The molecule has 1 saturated heterocycles. The van der Waals surface area contributed by atoms with E-state index in [-0.39, 0.29) is 17.8 Å². The van der Waals surface area contributed by atoms with Gasteiger partial charge in [-0.25, -0.2) is 4.39 Å². The topological polar surface area (TPSA) is 60.0 Å². The summed E-state index contributed by atoms with van der Waals surface area (Å²) in [5, 5.41) is 3.35. The molecule has 0 radical (unpaired) electrons. The Hall–Kier alpha value is -2.61. The van der Waals surface area contributed by atoms with Crippen molar-refractivity contribution in [2.24, 2.45) is 0 Å². The van der Waals surface area contributed by atoms with Crippen molar-refractivity contribution < 1.29 is 23.4 Å². The van der Waals surface area contributed by atoms with Crippen LogP contribution in [0, 0.1) is 5.82 Å². The van der Waals surface area contributed by atoms with Gasteiger partial charge in [0.25, 0.3) is 0 Å². The summed E-state index contributed by atoms with van der Waals surface area (Å²) >= 11 is 6.27. The van der Waals surface area contributed by atoms with Gasteiger partial charge in [-0.15, -0.1) is 0 Å². The maximum Gasteiger partial charge on any atom is 0.244 e. The molecular formula is C24H28ClFN2O4. The van der Waals surface area contributed by atoms with Crippen molar-refractivity contribution in [3.8, 4) is 11.5 Å². The zero-order valence-corrected chi connectivity index (χ0v) is 19.0. The Labute approximate surface area is 192 Å². The Balaban J connectivity index is 1.68. The van der Waals surface area contributed by atoms with E-state index in [0.717, 1.165) is 24.2 Å². The zero-order valence-electron chi connectivity index (χ0n) is 18.3. The fourth-order valence-corrected chi connectivity index (χ4v) is 3.90. The minimum atomic E-state index is -0.286. The number of ether oxygens (including phenoxy) is 3. The van der Waals surface area contributed by atoms with Gasteiger partial charge in [-0.2, -0.15) is 0 Å². The van der Waals surface area contributed by atoms with Crippen LogP contribution >= 0.6 is 11.6 Å². The van der Waals surface area contributed by atoms with E-state index < -0.39 is 0 Å². The number of rotatable bonds is 9. The molecule has 1 unspecified atom stereocenters. The Morgan fingerprint density at radius 3 is 2.66 bits per heavy atom. The summed E-state index contributed by atoms with van der Waals surface area (Å²) in [6.07, 6.45) is 3.12. The van der Waals surface area contributed by atoms with Crippen LogP contribution in [0.25, 0.3) is 6.08 Å². The number of nitrogens with zero attached hydrogens (tertiary/aromatic N) is 1. The van der Waals surface area contributed by atoms with Gasteiger partial charge >= 0.3 is 0 Å².